The molecule has 26 heavy (non-hydrogen) atoms. The fourth-order valence-electron chi connectivity index (χ4n) is 6.76. The molecule has 5 aliphatic rings. The molecule has 4 nitrogen and oxygen atoms in total. The van der Waals surface area contributed by atoms with Gasteiger partial charge in [-0.05, 0) is 67.9 Å². The van der Waals surface area contributed by atoms with E-state index in [9.17, 15) is 4.79 Å². The van der Waals surface area contributed by atoms with Crippen LogP contribution in [0.15, 0.2) is 36.5 Å². The molecule has 2 heterocycles. The third-order valence-electron chi connectivity index (χ3n) is 7.49. The van der Waals surface area contributed by atoms with Gasteiger partial charge in [0.05, 0.1) is 23.1 Å². The lowest BCUT2D eigenvalue weighted by atomic mass is 9.53. The summed E-state index contributed by atoms with van der Waals surface area (Å²) in [5.41, 5.74) is 2.96. The Bertz CT molecular complexity index is 828. The first kappa shape index (κ1) is 15.0. The second-order valence-electron chi connectivity index (χ2n) is 8.92. The highest BCUT2D eigenvalue weighted by Crippen LogP contribution is 2.55. The Morgan fingerprint density at radius 1 is 0.923 bits per heavy atom. The highest BCUT2D eigenvalue weighted by atomic mass is 16.2. The Labute approximate surface area is 154 Å². The van der Waals surface area contributed by atoms with Gasteiger partial charge in [0, 0.05) is 19.0 Å². The highest BCUT2D eigenvalue weighted by Gasteiger charge is 2.51. The van der Waals surface area contributed by atoms with Gasteiger partial charge in [0.15, 0.2) is 0 Å². The molecule has 1 aromatic carbocycles. The molecule has 1 aromatic heterocycles. The number of fused-ring (bicyclic) bond motifs is 1. The van der Waals surface area contributed by atoms with Crippen LogP contribution in [0.3, 0.4) is 0 Å². The van der Waals surface area contributed by atoms with Crippen LogP contribution in [0.5, 0.6) is 0 Å². The summed E-state index contributed by atoms with van der Waals surface area (Å²) in [5, 5.41) is 4.56. The van der Waals surface area contributed by atoms with E-state index in [1.807, 2.05) is 22.9 Å². The maximum atomic E-state index is 13.4. The van der Waals surface area contributed by atoms with E-state index in [0.717, 1.165) is 53.6 Å². The maximum absolute atomic E-state index is 13.4. The van der Waals surface area contributed by atoms with Crippen molar-refractivity contribution in [2.45, 2.75) is 44.6 Å². The van der Waals surface area contributed by atoms with Gasteiger partial charge in [-0.25, -0.2) is 4.68 Å². The number of aromatic nitrogens is 2. The molecule has 0 atom stereocenters. The minimum atomic E-state index is 0.228. The lowest BCUT2D eigenvalue weighted by molar-refractivity contribution is -0.0564. The smallest absolute Gasteiger partial charge is 0.257 e. The summed E-state index contributed by atoms with van der Waals surface area (Å²) in [7, 11) is 0. The van der Waals surface area contributed by atoms with Crippen molar-refractivity contribution in [3.05, 3.63) is 47.8 Å². The molecule has 4 aliphatic carbocycles. The number of rotatable bonds is 2. The average molecular weight is 347 g/mol. The molecule has 2 aromatic rings. The summed E-state index contributed by atoms with van der Waals surface area (Å²) < 4.78 is 1.96. The first-order chi connectivity index (χ1) is 12.8. The number of nitrogens with zero attached hydrogens (tertiary/aromatic N) is 3. The number of benzene rings is 1. The van der Waals surface area contributed by atoms with E-state index in [0.29, 0.717) is 6.04 Å². The topological polar surface area (TPSA) is 38.1 Å². The Balaban J connectivity index is 1.32. The van der Waals surface area contributed by atoms with Crippen LogP contribution in [0.1, 0.15) is 48.2 Å². The SMILES string of the molecule is O=C1c2cnn(-c3ccccc3)c2CCN1C1C2CC3CC(C2)CC1C3. The summed E-state index contributed by atoms with van der Waals surface area (Å²) in [6.07, 6.45) is 9.61. The summed E-state index contributed by atoms with van der Waals surface area (Å²) in [6.45, 7) is 0.858. The van der Waals surface area contributed by atoms with E-state index in [1.54, 1.807) is 6.20 Å². The minimum Gasteiger partial charge on any atom is -0.335 e. The summed E-state index contributed by atoms with van der Waals surface area (Å²) in [5.74, 6) is 3.63. The Hall–Kier alpha value is -2.10. The van der Waals surface area contributed by atoms with Gasteiger partial charge in [0.2, 0.25) is 0 Å². The maximum Gasteiger partial charge on any atom is 0.257 e. The second kappa shape index (κ2) is 5.45. The largest absolute Gasteiger partial charge is 0.335 e. The highest BCUT2D eigenvalue weighted by molar-refractivity contribution is 5.96. The van der Waals surface area contributed by atoms with E-state index in [1.165, 1.54) is 32.1 Å². The molecule has 7 rings (SSSR count). The van der Waals surface area contributed by atoms with Crippen molar-refractivity contribution < 1.29 is 4.79 Å². The summed E-state index contributed by atoms with van der Waals surface area (Å²) in [6, 6.07) is 10.7. The molecule has 4 heteroatoms. The van der Waals surface area contributed by atoms with Crippen LogP contribution in [0, 0.1) is 23.7 Å². The van der Waals surface area contributed by atoms with Gasteiger partial charge in [-0.15, -0.1) is 0 Å². The fourth-order valence-corrected chi connectivity index (χ4v) is 6.76. The zero-order chi connectivity index (χ0) is 17.3. The molecule has 0 saturated heterocycles. The fraction of sp³-hybridized carbons (Fsp3) is 0.545. The number of carbonyl (C=O) groups excluding carboxylic acids is 1. The van der Waals surface area contributed by atoms with Gasteiger partial charge in [-0.2, -0.15) is 5.10 Å². The van der Waals surface area contributed by atoms with Gasteiger partial charge < -0.3 is 4.90 Å². The first-order valence-electron chi connectivity index (χ1n) is 10.2. The zero-order valence-corrected chi connectivity index (χ0v) is 15.1. The number of para-hydroxylation sites is 1. The predicted octanol–water partition coefficient (Wildman–Crippen LogP) is 3.70. The quantitative estimate of drug-likeness (QED) is 0.831. The first-order valence-corrected chi connectivity index (χ1v) is 10.2. The lowest BCUT2D eigenvalue weighted by Gasteiger charge is -2.57. The van der Waals surface area contributed by atoms with Crippen LogP contribution in [-0.2, 0) is 6.42 Å². The van der Waals surface area contributed by atoms with Crippen LogP contribution >= 0.6 is 0 Å². The number of amides is 1. The van der Waals surface area contributed by atoms with Crippen molar-refractivity contribution in [3.8, 4) is 5.69 Å². The molecule has 1 aliphatic heterocycles. The molecule has 0 spiro atoms. The Kier molecular flexibility index (Phi) is 3.14. The van der Waals surface area contributed by atoms with E-state index in [4.69, 9.17) is 0 Å². The van der Waals surface area contributed by atoms with E-state index >= 15 is 0 Å². The van der Waals surface area contributed by atoms with Gasteiger partial charge in [0.25, 0.3) is 5.91 Å². The molecule has 134 valence electrons. The van der Waals surface area contributed by atoms with E-state index in [2.05, 4.69) is 22.1 Å². The van der Waals surface area contributed by atoms with E-state index < -0.39 is 0 Å². The molecular formula is C22H25N3O. The predicted molar refractivity (Wildman–Crippen MR) is 99.1 cm³/mol. The van der Waals surface area contributed by atoms with Gasteiger partial charge in [0.1, 0.15) is 0 Å². The van der Waals surface area contributed by atoms with Crippen molar-refractivity contribution in [1.29, 1.82) is 0 Å². The molecule has 1 amide bonds. The lowest BCUT2D eigenvalue weighted by Crippen LogP contribution is -2.58. The Morgan fingerprint density at radius 2 is 1.62 bits per heavy atom. The number of carbonyl (C=O) groups is 1. The van der Waals surface area contributed by atoms with E-state index in [-0.39, 0.29) is 5.91 Å². The number of hydrogen-bond donors (Lipinski definition) is 0. The van der Waals surface area contributed by atoms with Crippen molar-refractivity contribution in [2.24, 2.45) is 23.7 Å². The van der Waals surface area contributed by atoms with Gasteiger partial charge >= 0.3 is 0 Å². The van der Waals surface area contributed by atoms with Crippen LogP contribution in [-0.4, -0.2) is 33.2 Å². The molecule has 0 radical (unpaired) electrons. The minimum absolute atomic E-state index is 0.228. The monoisotopic (exact) mass is 347 g/mol. The molecule has 4 fully saturated rings. The number of hydrogen-bond acceptors (Lipinski definition) is 2. The van der Waals surface area contributed by atoms with Crippen molar-refractivity contribution in [1.82, 2.24) is 14.7 Å². The van der Waals surface area contributed by atoms with Crippen LogP contribution < -0.4 is 0 Å². The molecule has 4 bridgehead atoms. The van der Waals surface area contributed by atoms with Gasteiger partial charge in [-0.1, -0.05) is 18.2 Å². The summed E-state index contributed by atoms with van der Waals surface area (Å²) >= 11 is 0. The molecule has 0 unspecified atom stereocenters. The average Bonchev–Trinajstić information content (AvgIpc) is 3.08. The van der Waals surface area contributed by atoms with Crippen LogP contribution in [0.25, 0.3) is 5.69 Å². The van der Waals surface area contributed by atoms with Crippen LogP contribution in [0.2, 0.25) is 0 Å². The standard InChI is InChI=1S/C22H25N3O/c26-22-19-13-23-25(18-4-2-1-3-5-18)20(19)6-7-24(22)21-16-9-14-8-15(11-16)12-17(21)10-14/h1-5,13-17,21H,6-12H2. The van der Waals surface area contributed by atoms with Crippen molar-refractivity contribution >= 4 is 5.91 Å². The van der Waals surface area contributed by atoms with Gasteiger partial charge in [-0.3, -0.25) is 4.79 Å². The van der Waals surface area contributed by atoms with Crippen molar-refractivity contribution in [2.75, 3.05) is 6.54 Å². The third-order valence-corrected chi connectivity index (χ3v) is 7.49. The van der Waals surface area contributed by atoms with Crippen molar-refractivity contribution in [3.63, 3.8) is 0 Å². The second-order valence-corrected chi connectivity index (χ2v) is 8.92. The summed E-state index contributed by atoms with van der Waals surface area (Å²) in [4.78, 5) is 15.6. The molecular weight excluding hydrogens is 322 g/mol. The Morgan fingerprint density at radius 3 is 2.31 bits per heavy atom. The zero-order valence-electron chi connectivity index (χ0n) is 15.1. The van der Waals surface area contributed by atoms with Crippen LogP contribution in [0.4, 0.5) is 0 Å². The molecule has 4 saturated carbocycles. The third kappa shape index (κ3) is 2.07. The normalized spacial score (nSPS) is 35.0. The molecule has 0 N–H and O–H groups in total.